The molecule has 0 saturated carbocycles. The molecule has 1 saturated heterocycles. The summed E-state index contributed by atoms with van der Waals surface area (Å²) in [6.07, 6.45) is 0. The second-order valence-corrected chi connectivity index (χ2v) is 5.91. The fraction of sp³-hybridized carbons (Fsp3) is 0.400. The van der Waals surface area contributed by atoms with E-state index in [-0.39, 0.29) is 29.9 Å². The Labute approximate surface area is 155 Å². The van der Waals surface area contributed by atoms with Crippen LogP contribution in [0.2, 0.25) is 5.02 Å². The molecule has 0 spiro atoms. The SMILES string of the molecule is Cl.NCc1nc(CN2CCN(C(=O)c3ccc(F)cc3Cl)CC2)no1. The number of benzene rings is 1. The Kier molecular flexibility index (Phi) is 6.71. The molecule has 2 aromatic rings. The highest BCUT2D eigenvalue weighted by Gasteiger charge is 2.24. The van der Waals surface area contributed by atoms with Gasteiger partial charge in [0, 0.05) is 26.2 Å². The Morgan fingerprint density at radius 3 is 2.64 bits per heavy atom. The number of halogens is 3. The molecule has 1 aromatic carbocycles. The molecule has 0 aliphatic carbocycles. The number of carbonyl (C=O) groups excluding carboxylic acids is 1. The number of hydrogen-bond acceptors (Lipinski definition) is 6. The Morgan fingerprint density at radius 1 is 1.32 bits per heavy atom. The minimum Gasteiger partial charge on any atom is -0.338 e. The minimum atomic E-state index is -0.460. The van der Waals surface area contributed by atoms with Crippen molar-refractivity contribution >= 4 is 29.9 Å². The number of aromatic nitrogens is 2. The van der Waals surface area contributed by atoms with Crippen molar-refractivity contribution in [2.75, 3.05) is 26.2 Å². The van der Waals surface area contributed by atoms with Gasteiger partial charge in [-0.2, -0.15) is 4.98 Å². The fourth-order valence-corrected chi connectivity index (χ4v) is 2.83. The summed E-state index contributed by atoms with van der Waals surface area (Å²) in [5.74, 6) is 0.338. The van der Waals surface area contributed by atoms with Gasteiger partial charge in [0.2, 0.25) is 5.89 Å². The maximum atomic E-state index is 13.1. The zero-order valence-corrected chi connectivity index (χ0v) is 14.9. The monoisotopic (exact) mass is 389 g/mol. The van der Waals surface area contributed by atoms with Gasteiger partial charge in [-0.25, -0.2) is 4.39 Å². The lowest BCUT2D eigenvalue weighted by molar-refractivity contribution is 0.0624. The molecule has 0 radical (unpaired) electrons. The van der Waals surface area contributed by atoms with Gasteiger partial charge in [0.25, 0.3) is 5.91 Å². The van der Waals surface area contributed by atoms with E-state index in [4.69, 9.17) is 21.9 Å². The van der Waals surface area contributed by atoms with Crippen LogP contribution in [0.25, 0.3) is 0 Å². The molecule has 1 fully saturated rings. The lowest BCUT2D eigenvalue weighted by atomic mass is 10.1. The first-order valence-corrected chi connectivity index (χ1v) is 7.93. The largest absolute Gasteiger partial charge is 0.338 e. The van der Waals surface area contributed by atoms with Crippen molar-refractivity contribution < 1.29 is 13.7 Å². The van der Waals surface area contributed by atoms with Crippen LogP contribution in [0.3, 0.4) is 0 Å². The first-order valence-electron chi connectivity index (χ1n) is 7.55. The van der Waals surface area contributed by atoms with E-state index < -0.39 is 5.82 Å². The van der Waals surface area contributed by atoms with E-state index in [1.54, 1.807) is 4.90 Å². The summed E-state index contributed by atoms with van der Waals surface area (Å²) in [4.78, 5) is 20.5. The van der Waals surface area contributed by atoms with Crippen molar-refractivity contribution in [1.29, 1.82) is 0 Å². The highest BCUT2D eigenvalue weighted by atomic mass is 35.5. The van der Waals surface area contributed by atoms with E-state index in [1.165, 1.54) is 12.1 Å². The zero-order chi connectivity index (χ0) is 17.1. The number of rotatable bonds is 4. The highest BCUT2D eigenvalue weighted by molar-refractivity contribution is 6.33. The highest BCUT2D eigenvalue weighted by Crippen LogP contribution is 2.20. The normalized spacial score (nSPS) is 15.1. The zero-order valence-electron chi connectivity index (χ0n) is 13.3. The number of amides is 1. The third-order valence-corrected chi connectivity index (χ3v) is 4.18. The molecule has 0 bridgehead atoms. The summed E-state index contributed by atoms with van der Waals surface area (Å²) in [6.45, 7) is 3.22. The number of nitrogens with two attached hydrogens (primary N) is 1. The van der Waals surface area contributed by atoms with E-state index in [1.807, 2.05) is 0 Å². The van der Waals surface area contributed by atoms with Crippen molar-refractivity contribution in [1.82, 2.24) is 19.9 Å². The average molecular weight is 390 g/mol. The molecule has 1 aliphatic heterocycles. The van der Waals surface area contributed by atoms with Crippen LogP contribution in [0.1, 0.15) is 22.1 Å². The van der Waals surface area contributed by atoms with Crippen LogP contribution < -0.4 is 5.73 Å². The lowest BCUT2D eigenvalue weighted by Gasteiger charge is -2.34. The quantitative estimate of drug-likeness (QED) is 0.855. The third kappa shape index (κ3) is 4.66. The molecule has 10 heteroatoms. The van der Waals surface area contributed by atoms with Gasteiger partial charge in [-0.3, -0.25) is 9.69 Å². The number of hydrogen-bond donors (Lipinski definition) is 1. The maximum absolute atomic E-state index is 13.1. The van der Waals surface area contributed by atoms with E-state index in [0.29, 0.717) is 50.0 Å². The van der Waals surface area contributed by atoms with Crippen LogP contribution in [0.15, 0.2) is 22.7 Å². The van der Waals surface area contributed by atoms with Crippen molar-refractivity contribution in [3.8, 4) is 0 Å². The summed E-state index contributed by atoms with van der Waals surface area (Å²) >= 11 is 5.96. The molecule has 0 atom stereocenters. The van der Waals surface area contributed by atoms with Gasteiger partial charge in [-0.15, -0.1) is 12.4 Å². The van der Waals surface area contributed by atoms with Crippen molar-refractivity contribution in [2.45, 2.75) is 13.1 Å². The molecule has 2 N–H and O–H groups in total. The van der Waals surface area contributed by atoms with Crippen molar-refractivity contribution in [3.05, 3.63) is 46.3 Å². The van der Waals surface area contributed by atoms with Gasteiger partial charge in [-0.1, -0.05) is 16.8 Å². The minimum absolute atomic E-state index is 0. The molecule has 7 nitrogen and oxygen atoms in total. The van der Waals surface area contributed by atoms with Crippen LogP contribution in [-0.4, -0.2) is 52.0 Å². The van der Waals surface area contributed by atoms with Crippen LogP contribution in [-0.2, 0) is 13.1 Å². The Balaban J connectivity index is 0.00000225. The molecule has 1 aliphatic rings. The van der Waals surface area contributed by atoms with Crippen molar-refractivity contribution in [3.63, 3.8) is 0 Å². The van der Waals surface area contributed by atoms with Crippen LogP contribution in [0.5, 0.6) is 0 Å². The molecule has 2 heterocycles. The smallest absolute Gasteiger partial charge is 0.255 e. The van der Waals surface area contributed by atoms with E-state index >= 15 is 0 Å². The van der Waals surface area contributed by atoms with Gasteiger partial charge >= 0.3 is 0 Å². The average Bonchev–Trinajstić information content (AvgIpc) is 3.03. The molecule has 1 aromatic heterocycles. The molecule has 3 rings (SSSR count). The summed E-state index contributed by atoms with van der Waals surface area (Å²) in [7, 11) is 0. The standard InChI is InChI=1S/C15H17ClFN5O2.ClH/c16-12-7-10(17)1-2-11(12)15(23)22-5-3-21(4-6-22)9-13-19-14(8-18)24-20-13;/h1-2,7H,3-6,8-9,18H2;1H. The van der Waals surface area contributed by atoms with Gasteiger partial charge < -0.3 is 15.2 Å². The topological polar surface area (TPSA) is 88.5 Å². The van der Waals surface area contributed by atoms with Gasteiger partial charge in [-0.05, 0) is 18.2 Å². The molecule has 136 valence electrons. The Bertz CT molecular complexity index is 734. The first kappa shape index (κ1) is 19.6. The Hall–Kier alpha value is -1.74. The molecule has 0 unspecified atom stereocenters. The molecular formula is C15H18Cl2FN5O2. The van der Waals surface area contributed by atoms with E-state index in [0.717, 1.165) is 6.07 Å². The number of nitrogens with zero attached hydrogens (tertiary/aromatic N) is 4. The summed E-state index contributed by atoms with van der Waals surface area (Å²) in [5, 5.41) is 3.99. The maximum Gasteiger partial charge on any atom is 0.255 e. The molecule has 25 heavy (non-hydrogen) atoms. The van der Waals surface area contributed by atoms with E-state index in [9.17, 15) is 9.18 Å². The number of piperazine rings is 1. The second-order valence-electron chi connectivity index (χ2n) is 5.50. The van der Waals surface area contributed by atoms with Gasteiger partial charge in [0.05, 0.1) is 23.7 Å². The predicted octanol–water partition coefficient (Wildman–Crippen LogP) is 1.70. The lowest BCUT2D eigenvalue weighted by Crippen LogP contribution is -2.48. The van der Waals surface area contributed by atoms with Crippen LogP contribution in [0.4, 0.5) is 4.39 Å². The van der Waals surface area contributed by atoms with Crippen molar-refractivity contribution in [2.24, 2.45) is 5.73 Å². The van der Waals surface area contributed by atoms with Gasteiger partial charge in [0.15, 0.2) is 5.82 Å². The third-order valence-electron chi connectivity index (χ3n) is 3.87. The Morgan fingerprint density at radius 2 is 2.04 bits per heavy atom. The van der Waals surface area contributed by atoms with Crippen LogP contribution in [0, 0.1) is 5.82 Å². The number of carbonyl (C=O) groups is 1. The fourth-order valence-electron chi connectivity index (χ4n) is 2.58. The summed E-state index contributed by atoms with van der Waals surface area (Å²) in [6, 6.07) is 3.80. The summed E-state index contributed by atoms with van der Waals surface area (Å²) < 4.78 is 18.1. The predicted molar refractivity (Wildman–Crippen MR) is 92.0 cm³/mol. The van der Waals surface area contributed by atoms with Gasteiger partial charge in [0.1, 0.15) is 5.82 Å². The molecule has 1 amide bonds. The van der Waals surface area contributed by atoms with E-state index in [2.05, 4.69) is 15.0 Å². The first-order chi connectivity index (χ1) is 11.6. The molecular weight excluding hydrogens is 372 g/mol. The second kappa shape index (κ2) is 8.57. The summed E-state index contributed by atoms with van der Waals surface area (Å²) in [5.41, 5.74) is 5.75. The van der Waals surface area contributed by atoms with Crippen LogP contribution >= 0.6 is 24.0 Å².